The van der Waals surface area contributed by atoms with Gasteiger partial charge in [0.05, 0.1) is 18.5 Å². The fourth-order valence-electron chi connectivity index (χ4n) is 0.971. The average molecular weight is 222 g/mol. The van der Waals surface area contributed by atoms with Gasteiger partial charge in [0.1, 0.15) is 5.69 Å². The lowest BCUT2D eigenvalue weighted by atomic mass is 10.4. The molecular weight excluding hydrogens is 208 g/mol. The lowest BCUT2D eigenvalue weighted by Crippen LogP contribution is -2.00. The van der Waals surface area contributed by atoms with E-state index in [0.29, 0.717) is 5.69 Å². The molecule has 2 rings (SSSR count). The van der Waals surface area contributed by atoms with Crippen LogP contribution < -0.4 is 0 Å². The van der Waals surface area contributed by atoms with E-state index in [4.69, 9.17) is 0 Å². The van der Waals surface area contributed by atoms with Crippen LogP contribution >= 0.6 is 0 Å². The summed E-state index contributed by atoms with van der Waals surface area (Å²) in [6.45, 7) is 3.74. The third-order valence-corrected chi connectivity index (χ3v) is 1.75. The Balaban J connectivity index is 0.000000181. The molecule has 0 spiro atoms. The first kappa shape index (κ1) is 12.0. The summed E-state index contributed by atoms with van der Waals surface area (Å²) >= 11 is 0. The zero-order chi connectivity index (χ0) is 12.0. The fraction of sp³-hybridized carbons (Fsp3) is 0.300. The summed E-state index contributed by atoms with van der Waals surface area (Å²) in [6, 6.07) is 3.55. The number of ether oxygens (including phenoxy) is 1. The maximum Gasteiger partial charge on any atom is 0.356 e. The van der Waals surface area contributed by atoms with Gasteiger partial charge in [-0.15, -0.1) is 0 Å². The number of methoxy groups -OCH3 is 1. The van der Waals surface area contributed by atoms with Crippen molar-refractivity contribution in [3.63, 3.8) is 0 Å². The number of nitrogens with one attached hydrogen (secondary N) is 2. The second-order valence-electron chi connectivity index (χ2n) is 3.13. The van der Waals surface area contributed by atoms with Crippen molar-refractivity contribution in [3.8, 4) is 0 Å². The van der Waals surface area contributed by atoms with Gasteiger partial charge in [-0.2, -0.15) is 10.2 Å². The number of aryl methyl sites for hydroxylation is 2. The van der Waals surface area contributed by atoms with Crippen molar-refractivity contribution >= 4 is 5.97 Å². The molecule has 2 aromatic rings. The molecule has 0 saturated heterocycles. The molecule has 6 nitrogen and oxygen atoms in total. The van der Waals surface area contributed by atoms with Crippen LogP contribution in [0.15, 0.2) is 18.3 Å². The molecule has 0 bridgehead atoms. The third kappa shape index (κ3) is 3.56. The summed E-state index contributed by atoms with van der Waals surface area (Å²) in [5.74, 6) is -0.388. The molecule has 0 unspecified atom stereocenters. The highest BCUT2D eigenvalue weighted by atomic mass is 16.5. The number of hydrogen-bond donors (Lipinski definition) is 2. The van der Waals surface area contributed by atoms with E-state index in [-0.39, 0.29) is 5.97 Å². The second kappa shape index (κ2) is 5.69. The number of carbonyl (C=O) groups is 1. The minimum atomic E-state index is -0.388. The number of nitrogens with zero attached hydrogens (tertiary/aromatic N) is 2. The Morgan fingerprint density at radius 1 is 1.31 bits per heavy atom. The van der Waals surface area contributed by atoms with Gasteiger partial charge in [-0.1, -0.05) is 0 Å². The van der Waals surface area contributed by atoms with Gasteiger partial charge < -0.3 is 4.74 Å². The first-order valence-corrected chi connectivity index (χ1v) is 4.70. The lowest BCUT2D eigenvalue weighted by Gasteiger charge is -1.90. The van der Waals surface area contributed by atoms with Crippen LogP contribution in [0.5, 0.6) is 0 Å². The van der Waals surface area contributed by atoms with Crippen LogP contribution in [0.3, 0.4) is 0 Å². The Kier molecular flexibility index (Phi) is 4.26. The summed E-state index contributed by atoms with van der Waals surface area (Å²) in [4.78, 5) is 10.7. The van der Waals surface area contributed by atoms with E-state index in [1.165, 1.54) is 7.11 Å². The van der Waals surface area contributed by atoms with Crippen LogP contribution in [0, 0.1) is 13.8 Å². The molecular formula is C10H14N4O2. The molecule has 6 heteroatoms. The van der Waals surface area contributed by atoms with Gasteiger partial charge in [-0.25, -0.2) is 4.79 Å². The summed E-state index contributed by atoms with van der Waals surface area (Å²) < 4.78 is 4.44. The molecule has 0 saturated carbocycles. The first-order valence-electron chi connectivity index (χ1n) is 4.70. The van der Waals surface area contributed by atoms with E-state index in [2.05, 4.69) is 25.1 Å². The van der Waals surface area contributed by atoms with Gasteiger partial charge in [0, 0.05) is 6.20 Å². The number of aromatic amines is 2. The standard InChI is InChI=1S/C6H8N2O2.C4H6N2/c1-4-3-5(8-7-4)6(9)10-2;1-4-2-3-5-6-4/h3H,1-2H3,(H,7,8);2-3H,1H3,(H,5,6). The van der Waals surface area contributed by atoms with Gasteiger partial charge in [0.25, 0.3) is 0 Å². The summed E-state index contributed by atoms with van der Waals surface area (Å²) in [5.41, 5.74) is 2.20. The zero-order valence-corrected chi connectivity index (χ0v) is 9.44. The molecule has 2 heterocycles. The number of aromatic nitrogens is 4. The van der Waals surface area contributed by atoms with E-state index >= 15 is 0 Å². The van der Waals surface area contributed by atoms with Crippen molar-refractivity contribution < 1.29 is 9.53 Å². The molecule has 0 atom stereocenters. The summed E-state index contributed by atoms with van der Waals surface area (Å²) in [5, 5.41) is 12.8. The van der Waals surface area contributed by atoms with Crippen LogP contribution in [-0.2, 0) is 4.74 Å². The Morgan fingerprint density at radius 2 is 2.06 bits per heavy atom. The Morgan fingerprint density at radius 3 is 2.38 bits per heavy atom. The van der Waals surface area contributed by atoms with E-state index in [1.807, 2.05) is 13.0 Å². The quantitative estimate of drug-likeness (QED) is 0.710. The van der Waals surface area contributed by atoms with Crippen molar-refractivity contribution in [3.05, 3.63) is 35.4 Å². The molecule has 0 amide bonds. The highest BCUT2D eigenvalue weighted by molar-refractivity contribution is 5.87. The van der Waals surface area contributed by atoms with Gasteiger partial charge in [-0.05, 0) is 26.0 Å². The average Bonchev–Trinajstić information content (AvgIpc) is 2.89. The monoisotopic (exact) mass is 222 g/mol. The molecule has 0 aliphatic rings. The van der Waals surface area contributed by atoms with Crippen LogP contribution in [0.2, 0.25) is 0 Å². The number of esters is 1. The SMILES string of the molecule is COC(=O)c1cc(C)n[nH]1.Cc1cc[nH]n1. The van der Waals surface area contributed by atoms with Crippen LogP contribution in [-0.4, -0.2) is 33.5 Å². The maximum atomic E-state index is 10.7. The Hall–Kier alpha value is -2.11. The minimum absolute atomic E-state index is 0.388. The fourth-order valence-corrected chi connectivity index (χ4v) is 0.971. The Bertz CT molecular complexity index is 433. The predicted molar refractivity (Wildman–Crippen MR) is 58.0 cm³/mol. The van der Waals surface area contributed by atoms with Gasteiger partial charge in [0.2, 0.25) is 0 Å². The van der Waals surface area contributed by atoms with E-state index in [9.17, 15) is 4.79 Å². The highest BCUT2D eigenvalue weighted by Crippen LogP contribution is 1.98. The molecule has 2 aromatic heterocycles. The normalized spacial score (nSPS) is 9.19. The molecule has 0 aliphatic heterocycles. The van der Waals surface area contributed by atoms with Crippen molar-refractivity contribution in [1.82, 2.24) is 20.4 Å². The number of hydrogen-bond acceptors (Lipinski definition) is 4. The van der Waals surface area contributed by atoms with Crippen LogP contribution in [0.1, 0.15) is 21.9 Å². The zero-order valence-electron chi connectivity index (χ0n) is 9.44. The summed E-state index contributed by atoms with van der Waals surface area (Å²) in [6.07, 6.45) is 1.80. The lowest BCUT2D eigenvalue weighted by molar-refractivity contribution is 0.0594. The molecule has 86 valence electrons. The topological polar surface area (TPSA) is 83.7 Å². The first-order chi connectivity index (χ1) is 7.63. The molecule has 0 radical (unpaired) electrons. The largest absolute Gasteiger partial charge is 0.464 e. The van der Waals surface area contributed by atoms with E-state index in [0.717, 1.165) is 11.4 Å². The maximum absolute atomic E-state index is 10.7. The minimum Gasteiger partial charge on any atom is -0.464 e. The molecule has 2 N–H and O–H groups in total. The molecule has 0 fully saturated rings. The molecule has 16 heavy (non-hydrogen) atoms. The van der Waals surface area contributed by atoms with Crippen molar-refractivity contribution in [2.45, 2.75) is 13.8 Å². The Labute approximate surface area is 93.0 Å². The molecule has 0 aliphatic carbocycles. The van der Waals surface area contributed by atoms with Crippen LogP contribution in [0.4, 0.5) is 0 Å². The van der Waals surface area contributed by atoms with Gasteiger partial charge in [-0.3, -0.25) is 10.2 Å². The van der Waals surface area contributed by atoms with Crippen molar-refractivity contribution in [2.24, 2.45) is 0 Å². The van der Waals surface area contributed by atoms with E-state index < -0.39 is 0 Å². The van der Waals surface area contributed by atoms with Crippen molar-refractivity contribution in [1.29, 1.82) is 0 Å². The summed E-state index contributed by atoms with van der Waals surface area (Å²) in [7, 11) is 1.33. The number of H-pyrrole nitrogens is 2. The predicted octanol–water partition coefficient (Wildman–Crippen LogP) is 1.22. The van der Waals surface area contributed by atoms with Crippen molar-refractivity contribution in [2.75, 3.05) is 7.11 Å². The van der Waals surface area contributed by atoms with Gasteiger partial charge in [0.15, 0.2) is 0 Å². The molecule has 0 aromatic carbocycles. The number of carbonyl (C=O) groups excluding carboxylic acids is 1. The van der Waals surface area contributed by atoms with Crippen LogP contribution in [0.25, 0.3) is 0 Å². The van der Waals surface area contributed by atoms with E-state index in [1.54, 1.807) is 19.2 Å². The third-order valence-electron chi connectivity index (χ3n) is 1.75. The second-order valence-corrected chi connectivity index (χ2v) is 3.13. The highest BCUT2D eigenvalue weighted by Gasteiger charge is 2.06. The number of rotatable bonds is 1. The van der Waals surface area contributed by atoms with Gasteiger partial charge >= 0.3 is 5.97 Å². The smallest absolute Gasteiger partial charge is 0.356 e.